The first-order valence-electron chi connectivity index (χ1n) is 5.93. The predicted octanol–water partition coefficient (Wildman–Crippen LogP) is 2.31. The molecule has 19 heavy (non-hydrogen) atoms. The smallest absolute Gasteiger partial charge is 0.113 e. The lowest BCUT2D eigenvalue weighted by atomic mass is 10.1. The number of aromatic nitrogens is 3. The van der Waals surface area contributed by atoms with Crippen molar-refractivity contribution in [2.45, 2.75) is 6.54 Å². The second-order valence-corrected chi connectivity index (χ2v) is 4.15. The molecule has 0 saturated heterocycles. The van der Waals surface area contributed by atoms with E-state index in [1.807, 2.05) is 54.6 Å². The lowest BCUT2D eigenvalue weighted by molar-refractivity contribution is 0.317. The molecule has 0 aliphatic carbocycles. The van der Waals surface area contributed by atoms with E-state index in [4.69, 9.17) is 0 Å². The molecule has 0 bridgehead atoms. The Morgan fingerprint density at radius 3 is 2.58 bits per heavy atom. The molecule has 1 heterocycles. The Balaban J connectivity index is 1.96. The van der Waals surface area contributed by atoms with Crippen molar-refractivity contribution in [2.75, 3.05) is 0 Å². The summed E-state index contributed by atoms with van der Waals surface area (Å²) in [6.45, 7) is 0.376. The third kappa shape index (κ3) is 2.18. The van der Waals surface area contributed by atoms with Crippen molar-refractivity contribution in [3.63, 3.8) is 0 Å². The quantitative estimate of drug-likeness (QED) is 0.442. The van der Waals surface area contributed by atoms with Crippen molar-refractivity contribution in [1.29, 1.82) is 0 Å². The first kappa shape index (κ1) is 11.4. The van der Waals surface area contributed by atoms with Gasteiger partial charge in [-0.1, -0.05) is 52.8 Å². The molecule has 1 N–H and O–H groups in total. The highest BCUT2D eigenvalue weighted by atomic mass is 16.4. The molecule has 3 aromatic rings. The minimum absolute atomic E-state index is 0.376. The topological polar surface area (TPSA) is 63.3 Å². The van der Waals surface area contributed by atoms with Crippen LogP contribution in [-0.4, -0.2) is 25.9 Å². The molecule has 0 unspecified atom stereocenters. The number of fused-ring (bicyclic) bond motifs is 1. The number of para-hydroxylation sites is 1. The Hall–Kier alpha value is -2.69. The largest absolute Gasteiger partial charge is 0.411 e. The summed E-state index contributed by atoms with van der Waals surface area (Å²) < 4.78 is 1.72. The molecule has 0 aliphatic rings. The third-order valence-corrected chi connectivity index (χ3v) is 2.95. The van der Waals surface area contributed by atoms with E-state index in [0.29, 0.717) is 12.3 Å². The van der Waals surface area contributed by atoms with Gasteiger partial charge in [-0.15, -0.1) is 5.10 Å². The minimum atomic E-state index is 0.376. The van der Waals surface area contributed by atoms with E-state index in [-0.39, 0.29) is 0 Å². The minimum Gasteiger partial charge on any atom is -0.411 e. The SMILES string of the molecule is O/N=C(/Cn1nnc2ccccc21)c1ccccc1. The van der Waals surface area contributed by atoms with E-state index in [1.165, 1.54) is 0 Å². The average Bonchev–Trinajstić information content (AvgIpc) is 2.89. The van der Waals surface area contributed by atoms with E-state index < -0.39 is 0 Å². The van der Waals surface area contributed by atoms with Crippen LogP contribution in [0.5, 0.6) is 0 Å². The van der Waals surface area contributed by atoms with Gasteiger partial charge in [-0.3, -0.25) is 0 Å². The van der Waals surface area contributed by atoms with Crippen LogP contribution in [0.25, 0.3) is 11.0 Å². The first-order chi connectivity index (χ1) is 9.38. The van der Waals surface area contributed by atoms with Crippen molar-refractivity contribution >= 4 is 16.7 Å². The fourth-order valence-corrected chi connectivity index (χ4v) is 1.99. The summed E-state index contributed by atoms with van der Waals surface area (Å²) in [4.78, 5) is 0. The summed E-state index contributed by atoms with van der Waals surface area (Å²) in [7, 11) is 0. The van der Waals surface area contributed by atoms with Crippen LogP contribution in [-0.2, 0) is 6.54 Å². The van der Waals surface area contributed by atoms with Gasteiger partial charge in [-0.2, -0.15) is 0 Å². The monoisotopic (exact) mass is 252 g/mol. The van der Waals surface area contributed by atoms with Crippen LogP contribution >= 0.6 is 0 Å². The molecular formula is C14H12N4O. The molecule has 0 radical (unpaired) electrons. The van der Waals surface area contributed by atoms with Gasteiger partial charge in [0.1, 0.15) is 11.2 Å². The molecule has 0 saturated carbocycles. The van der Waals surface area contributed by atoms with E-state index in [1.54, 1.807) is 4.68 Å². The number of hydrogen-bond acceptors (Lipinski definition) is 4. The van der Waals surface area contributed by atoms with Crippen LogP contribution in [0.15, 0.2) is 59.8 Å². The molecule has 0 atom stereocenters. The van der Waals surface area contributed by atoms with Crippen molar-refractivity contribution in [3.8, 4) is 0 Å². The molecule has 0 amide bonds. The van der Waals surface area contributed by atoms with Gasteiger partial charge in [-0.05, 0) is 12.1 Å². The van der Waals surface area contributed by atoms with Gasteiger partial charge in [0, 0.05) is 5.56 Å². The number of rotatable bonds is 3. The van der Waals surface area contributed by atoms with Crippen molar-refractivity contribution in [3.05, 3.63) is 60.2 Å². The van der Waals surface area contributed by atoms with Gasteiger partial charge in [-0.25, -0.2) is 4.68 Å². The second kappa shape index (κ2) is 4.89. The van der Waals surface area contributed by atoms with E-state index in [0.717, 1.165) is 16.6 Å². The fourth-order valence-electron chi connectivity index (χ4n) is 1.99. The van der Waals surface area contributed by atoms with Crippen LogP contribution in [0, 0.1) is 0 Å². The molecular weight excluding hydrogens is 240 g/mol. The maximum atomic E-state index is 9.18. The number of nitrogens with zero attached hydrogens (tertiary/aromatic N) is 4. The number of hydrogen-bond donors (Lipinski definition) is 1. The summed E-state index contributed by atoms with van der Waals surface area (Å²) in [5, 5.41) is 20.7. The zero-order valence-corrected chi connectivity index (χ0v) is 10.1. The first-order valence-corrected chi connectivity index (χ1v) is 5.93. The molecule has 1 aromatic heterocycles. The van der Waals surface area contributed by atoms with Crippen LogP contribution in [0.4, 0.5) is 0 Å². The summed E-state index contributed by atoms with van der Waals surface area (Å²) in [5.41, 5.74) is 3.16. The summed E-state index contributed by atoms with van der Waals surface area (Å²) in [6.07, 6.45) is 0. The van der Waals surface area contributed by atoms with E-state index in [2.05, 4.69) is 15.5 Å². The molecule has 0 spiro atoms. The van der Waals surface area contributed by atoms with Gasteiger partial charge < -0.3 is 5.21 Å². The second-order valence-electron chi connectivity index (χ2n) is 4.15. The highest BCUT2D eigenvalue weighted by molar-refractivity contribution is 6.00. The fraction of sp³-hybridized carbons (Fsp3) is 0.0714. The molecule has 0 fully saturated rings. The Morgan fingerprint density at radius 1 is 1.05 bits per heavy atom. The van der Waals surface area contributed by atoms with Crippen LogP contribution in [0.3, 0.4) is 0 Å². The van der Waals surface area contributed by atoms with Gasteiger partial charge in [0.2, 0.25) is 0 Å². The van der Waals surface area contributed by atoms with Gasteiger partial charge in [0.25, 0.3) is 0 Å². The highest BCUT2D eigenvalue weighted by Crippen LogP contribution is 2.11. The zero-order valence-electron chi connectivity index (χ0n) is 10.1. The number of oxime groups is 1. The van der Waals surface area contributed by atoms with Crippen molar-refractivity contribution in [2.24, 2.45) is 5.16 Å². The number of benzene rings is 2. The predicted molar refractivity (Wildman–Crippen MR) is 72.3 cm³/mol. The van der Waals surface area contributed by atoms with Gasteiger partial charge >= 0.3 is 0 Å². The van der Waals surface area contributed by atoms with Crippen molar-refractivity contribution in [1.82, 2.24) is 15.0 Å². The zero-order chi connectivity index (χ0) is 13.1. The van der Waals surface area contributed by atoms with Gasteiger partial charge in [0.05, 0.1) is 12.1 Å². The Labute approximate surface area is 109 Å². The highest BCUT2D eigenvalue weighted by Gasteiger charge is 2.09. The average molecular weight is 252 g/mol. The third-order valence-electron chi connectivity index (χ3n) is 2.95. The lowest BCUT2D eigenvalue weighted by Crippen LogP contribution is -2.13. The maximum absolute atomic E-state index is 9.18. The van der Waals surface area contributed by atoms with Crippen LogP contribution in [0.1, 0.15) is 5.56 Å². The van der Waals surface area contributed by atoms with Crippen molar-refractivity contribution < 1.29 is 5.21 Å². The Kier molecular flexibility index (Phi) is 2.94. The summed E-state index contributed by atoms with van der Waals surface area (Å²) >= 11 is 0. The van der Waals surface area contributed by atoms with Crippen LogP contribution in [0.2, 0.25) is 0 Å². The van der Waals surface area contributed by atoms with Crippen LogP contribution < -0.4 is 0 Å². The lowest BCUT2D eigenvalue weighted by Gasteiger charge is -2.05. The molecule has 2 aromatic carbocycles. The summed E-state index contributed by atoms with van der Waals surface area (Å²) in [6, 6.07) is 17.2. The van der Waals surface area contributed by atoms with E-state index >= 15 is 0 Å². The molecule has 0 aliphatic heterocycles. The molecule has 5 nitrogen and oxygen atoms in total. The normalized spacial score (nSPS) is 11.9. The standard InChI is InChI=1S/C14H12N4O/c19-16-13(11-6-2-1-3-7-11)10-18-14-9-5-4-8-12(14)15-17-18/h1-9,19H,10H2/b16-13-. The Bertz CT molecular complexity index is 718. The van der Waals surface area contributed by atoms with Gasteiger partial charge in [0.15, 0.2) is 0 Å². The molecule has 94 valence electrons. The molecule has 3 rings (SSSR count). The molecule has 5 heteroatoms. The van der Waals surface area contributed by atoms with E-state index in [9.17, 15) is 5.21 Å². The maximum Gasteiger partial charge on any atom is 0.113 e. The Morgan fingerprint density at radius 2 is 1.79 bits per heavy atom. The summed E-state index contributed by atoms with van der Waals surface area (Å²) in [5.74, 6) is 0.